The van der Waals surface area contributed by atoms with Crippen LogP contribution < -0.4 is 15.4 Å². The fraction of sp³-hybridized carbons (Fsp3) is 0.421. The summed E-state index contributed by atoms with van der Waals surface area (Å²) in [6.07, 6.45) is 2.35. The van der Waals surface area contributed by atoms with Crippen LogP contribution in [0.25, 0.3) is 0 Å². The minimum Gasteiger partial charge on any atom is -0.497 e. The molecule has 7 nitrogen and oxygen atoms in total. The highest BCUT2D eigenvalue weighted by Crippen LogP contribution is 2.17. The van der Waals surface area contributed by atoms with E-state index in [0.29, 0.717) is 24.8 Å². The number of rotatable bonds is 7. The summed E-state index contributed by atoms with van der Waals surface area (Å²) in [5.41, 5.74) is 1.19. The Morgan fingerprint density at radius 3 is 2.69 bits per heavy atom. The maximum Gasteiger partial charge on any atom is 0.228 e. The number of benzene rings is 1. The minimum atomic E-state index is -0.0127. The molecule has 0 spiro atoms. The molecule has 0 atom stereocenters. The molecule has 1 fully saturated rings. The predicted molar refractivity (Wildman–Crippen MR) is 99.4 cm³/mol. The van der Waals surface area contributed by atoms with Crippen LogP contribution >= 0.6 is 0 Å². The van der Waals surface area contributed by atoms with E-state index in [1.54, 1.807) is 13.2 Å². The van der Waals surface area contributed by atoms with Gasteiger partial charge in [-0.15, -0.1) is 10.2 Å². The van der Waals surface area contributed by atoms with Crippen molar-refractivity contribution >= 4 is 17.5 Å². The summed E-state index contributed by atoms with van der Waals surface area (Å²) in [5.74, 6) is 1.98. The Kier molecular flexibility index (Phi) is 6.38. The topological polar surface area (TPSA) is 85.4 Å². The number of hydrogen-bond acceptors (Lipinski definition) is 6. The van der Waals surface area contributed by atoms with Crippen LogP contribution in [0.3, 0.4) is 0 Å². The Bertz CT molecular complexity index is 715. The lowest BCUT2D eigenvalue weighted by Gasteiger charge is -2.20. The van der Waals surface area contributed by atoms with Crippen LogP contribution in [0.2, 0.25) is 0 Å². The lowest BCUT2D eigenvalue weighted by molar-refractivity contribution is -0.122. The fourth-order valence-corrected chi connectivity index (χ4v) is 2.84. The second kappa shape index (κ2) is 9.15. The van der Waals surface area contributed by atoms with Crippen molar-refractivity contribution in [3.05, 3.63) is 42.0 Å². The smallest absolute Gasteiger partial charge is 0.228 e. The number of nitrogens with one attached hydrogen (secondary N) is 2. The quantitative estimate of drug-likeness (QED) is 0.793. The van der Waals surface area contributed by atoms with Gasteiger partial charge in [-0.3, -0.25) is 4.79 Å². The van der Waals surface area contributed by atoms with Gasteiger partial charge in [0, 0.05) is 25.7 Å². The van der Waals surface area contributed by atoms with Crippen molar-refractivity contribution in [3.63, 3.8) is 0 Å². The van der Waals surface area contributed by atoms with Crippen LogP contribution in [0.4, 0.5) is 11.6 Å². The summed E-state index contributed by atoms with van der Waals surface area (Å²) in [6, 6.07) is 11.6. The summed E-state index contributed by atoms with van der Waals surface area (Å²) in [6.45, 7) is 2.01. The molecular weight excluding hydrogens is 332 g/mol. The molecule has 26 heavy (non-hydrogen) atoms. The first-order chi connectivity index (χ1) is 12.7. The Hall–Kier alpha value is -2.67. The van der Waals surface area contributed by atoms with Crippen molar-refractivity contribution < 1.29 is 14.3 Å². The second-order valence-electron chi connectivity index (χ2n) is 6.21. The van der Waals surface area contributed by atoms with E-state index in [9.17, 15) is 4.79 Å². The first kappa shape index (κ1) is 18.1. The van der Waals surface area contributed by atoms with Gasteiger partial charge in [0.1, 0.15) is 11.6 Å². The van der Waals surface area contributed by atoms with Gasteiger partial charge in [-0.05, 0) is 49.1 Å². The second-order valence-corrected chi connectivity index (χ2v) is 6.21. The number of carbonyl (C=O) groups excluding carboxylic acids is 1. The molecule has 0 aliphatic carbocycles. The largest absolute Gasteiger partial charge is 0.497 e. The maximum atomic E-state index is 12.2. The van der Waals surface area contributed by atoms with E-state index in [1.165, 1.54) is 5.56 Å². The van der Waals surface area contributed by atoms with Gasteiger partial charge in [0.05, 0.1) is 7.11 Å². The van der Waals surface area contributed by atoms with Crippen LogP contribution in [0, 0.1) is 5.92 Å². The Morgan fingerprint density at radius 2 is 1.96 bits per heavy atom. The predicted octanol–water partition coefficient (Wildman–Crippen LogP) is 2.50. The first-order valence-electron chi connectivity index (χ1n) is 8.84. The minimum absolute atomic E-state index is 0.00813. The Labute approximate surface area is 153 Å². The van der Waals surface area contributed by atoms with Crippen LogP contribution in [-0.4, -0.2) is 43.0 Å². The van der Waals surface area contributed by atoms with E-state index in [4.69, 9.17) is 9.47 Å². The molecule has 2 aromatic rings. The van der Waals surface area contributed by atoms with Crippen molar-refractivity contribution in [2.45, 2.75) is 19.3 Å². The van der Waals surface area contributed by atoms with E-state index in [-0.39, 0.29) is 11.8 Å². The van der Waals surface area contributed by atoms with E-state index in [0.717, 1.165) is 31.6 Å². The van der Waals surface area contributed by atoms with E-state index in [1.807, 2.05) is 24.3 Å². The van der Waals surface area contributed by atoms with Crippen molar-refractivity contribution in [1.29, 1.82) is 0 Å². The molecule has 2 heterocycles. The standard InChI is InChI=1S/C19H24N4O3/c1-25-16-4-2-3-14(13-16)7-10-20-17-5-6-18(23-22-17)21-19(24)15-8-11-26-12-9-15/h2-6,13,15H,7-12H2,1H3,(H,20,22)(H,21,23,24). The number of aromatic nitrogens is 2. The zero-order valence-corrected chi connectivity index (χ0v) is 14.9. The van der Waals surface area contributed by atoms with Gasteiger partial charge in [0.2, 0.25) is 5.91 Å². The molecule has 0 bridgehead atoms. The molecule has 1 saturated heterocycles. The highest BCUT2D eigenvalue weighted by molar-refractivity contribution is 5.91. The molecule has 0 radical (unpaired) electrons. The van der Waals surface area contributed by atoms with E-state index >= 15 is 0 Å². The summed E-state index contributed by atoms with van der Waals surface area (Å²) >= 11 is 0. The van der Waals surface area contributed by atoms with Gasteiger partial charge in [0.25, 0.3) is 0 Å². The molecule has 1 aromatic heterocycles. The van der Waals surface area contributed by atoms with Crippen LogP contribution in [0.15, 0.2) is 36.4 Å². The van der Waals surface area contributed by atoms with Gasteiger partial charge in [-0.1, -0.05) is 12.1 Å². The van der Waals surface area contributed by atoms with Crippen LogP contribution in [0.1, 0.15) is 18.4 Å². The number of methoxy groups -OCH3 is 1. The summed E-state index contributed by atoms with van der Waals surface area (Å²) in [7, 11) is 1.66. The third-order valence-corrected chi connectivity index (χ3v) is 4.36. The van der Waals surface area contributed by atoms with Crippen molar-refractivity contribution in [2.24, 2.45) is 5.92 Å². The molecule has 3 rings (SSSR count). The molecule has 7 heteroatoms. The summed E-state index contributed by atoms with van der Waals surface area (Å²) in [5, 5.41) is 14.2. The van der Waals surface area contributed by atoms with Gasteiger partial charge in [-0.2, -0.15) is 0 Å². The average molecular weight is 356 g/mol. The molecule has 0 unspecified atom stereocenters. The van der Waals surface area contributed by atoms with Crippen molar-refractivity contribution in [3.8, 4) is 5.75 Å². The van der Waals surface area contributed by atoms with Gasteiger partial charge in [0.15, 0.2) is 5.82 Å². The zero-order valence-electron chi connectivity index (χ0n) is 14.9. The Balaban J connectivity index is 1.45. The van der Waals surface area contributed by atoms with Crippen LogP contribution in [0.5, 0.6) is 5.75 Å². The lowest BCUT2D eigenvalue weighted by Crippen LogP contribution is -2.28. The van der Waals surface area contributed by atoms with Gasteiger partial charge < -0.3 is 20.1 Å². The molecule has 1 aliphatic rings. The third kappa shape index (κ3) is 5.16. The number of carbonyl (C=O) groups is 1. The molecule has 2 N–H and O–H groups in total. The number of nitrogens with zero attached hydrogens (tertiary/aromatic N) is 2. The SMILES string of the molecule is COc1cccc(CCNc2ccc(NC(=O)C3CCOCC3)nn2)c1. The van der Waals surface area contributed by atoms with Gasteiger partial charge >= 0.3 is 0 Å². The lowest BCUT2D eigenvalue weighted by atomic mass is 9.99. The molecule has 0 saturated carbocycles. The average Bonchev–Trinajstić information content (AvgIpc) is 2.70. The number of ether oxygens (including phenoxy) is 2. The Morgan fingerprint density at radius 1 is 1.19 bits per heavy atom. The molecular formula is C19H24N4O3. The van der Waals surface area contributed by atoms with E-state index in [2.05, 4.69) is 26.9 Å². The maximum absolute atomic E-state index is 12.2. The molecule has 138 valence electrons. The highest BCUT2D eigenvalue weighted by atomic mass is 16.5. The highest BCUT2D eigenvalue weighted by Gasteiger charge is 2.21. The van der Waals surface area contributed by atoms with Gasteiger partial charge in [-0.25, -0.2) is 0 Å². The van der Waals surface area contributed by atoms with E-state index < -0.39 is 0 Å². The normalized spacial score (nSPS) is 14.7. The first-order valence-corrected chi connectivity index (χ1v) is 8.84. The van der Waals surface area contributed by atoms with Crippen LogP contribution in [-0.2, 0) is 16.0 Å². The summed E-state index contributed by atoms with van der Waals surface area (Å²) in [4.78, 5) is 12.2. The summed E-state index contributed by atoms with van der Waals surface area (Å²) < 4.78 is 10.5. The van der Waals surface area contributed by atoms with Crippen molar-refractivity contribution in [2.75, 3.05) is 37.5 Å². The number of amides is 1. The monoisotopic (exact) mass is 356 g/mol. The zero-order chi connectivity index (χ0) is 18.2. The number of hydrogen-bond donors (Lipinski definition) is 2. The van der Waals surface area contributed by atoms with Crippen molar-refractivity contribution in [1.82, 2.24) is 10.2 Å². The molecule has 1 amide bonds. The fourth-order valence-electron chi connectivity index (χ4n) is 2.84. The number of anilines is 2. The third-order valence-electron chi connectivity index (χ3n) is 4.36. The molecule has 1 aliphatic heterocycles. The molecule has 1 aromatic carbocycles.